The van der Waals surface area contributed by atoms with Crippen molar-refractivity contribution in [1.82, 2.24) is 0 Å². The number of benzene rings is 1. The number of rotatable bonds is 0. The van der Waals surface area contributed by atoms with E-state index in [2.05, 4.69) is 53.8 Å². The van der Waals surface area contributed by atoms with Gasteiger partial charge in [0.15, 0.2) is 0 Å². The Balaban J connectivity index is 0.000000317. The number of hydrogen-bond donors (Lipinski definition) is 0. The summed E-state index contributed by atoms with van der Waals surface area (Å²) in [5.41, 5.74) is 0.277. The Morgan fingerprint density at radius 2 is 1.65 bits per heavy atom. The summed E-state index contributed by atoms with van der Waals surface area (Å²) in [6.45, 7) is 6.75. The molecule has 1 aromatic rings. The monoisotopic (exact) mass is 402 g/mol. The summed E-state index contributed by atoms with van der Waals surface area (Å²) in [5, 5.41) is 0. The molecular formula is C14H23AsOSn. The van der Waals surface area contributed by atoms with E-state index in [1.165, 1.54) is 4.35 Å². The molecule has 94 valence electrons. The maximum absolute atomic E-state index is 5.91. The average Bonchev–Trinajstić information content (AvgIpc) is 2.59. The first-order valence-corrected chi connectivity index (χ1v) is 16.6. The fourth-order valence-electron chi connectivity index (χ4n) is 1.31. The van der Waals surface area contributed by atoms with Gasteiger partial charge in [0.05, 0.1) is 0 Å². The molecule has 0 saturated heterocycles. The quantitative estimate of drug-likeness (QED) is 0.608. The van der Waals surface area contributed by atoms with Crippen LogP contribution < -0.4 is 9.09 Å². The molecule has 0 aromatic heterocycles. The molecule has 1 atom stereocenters. The second-order valence-corrected chi connectivity index (χ2v) is 17.0. The van der Waals surface area contributed by atoms with Crippen LogP contribution in [-0.4, -0.2) is 40.4 Å². The van der Waals surface area contributed by atoms with Crippen LogP contribution in [0.1, 0.15) is 20.8 Å². The Morgan fingerprint density at radius 1 is 1.12 bits per heavy atom. The summed E-state index contributed by atoms with van der Waals surface area (Å²) in [6, 6.07) is 8.42. The summed E-state index contributed by atoms with van der Waals surface area (Å²) in [5.74, 6) is 1.11. The first-order valence-electron chi connectivity index (χ1n) is 6.04. The normalized spacial score (nSPS) is 19.6. The summed E-state index contributed by atoms with van der Waals surface area (Å²) in [6.07, 6.45) is 0. The van der Waals surface area contributed by atoms with E-state index in [1.807, 2.05) is 6.07 Å². The van der Waals surface area contributed by atoms with Crippen LogP contribution in [-0.2, 0) is 0 Å². The van der Waals surface area contributed by atoms with Crippen LogP contribution in [0.15, 0.2) is 24.3 Å². The molecule has 0 N–H and O–H groups in total. The van der Waals surface area contributed by atoms with Crippen LogP contribution in [0.5, 0.6) is 5.75 Å². The zero-order valence-corrected chi connectivity index (χ0v) is 16.5. The van der Waals surface area contributed by atoms with Crippen molar-refractivity contribution >= 4 is 39.9 Å². The molecule has 1 unspecified atom stereocenters. The number of ether oxygens (including phenoxy) is 1. The molecule has 2 radical (unpaired) electrons. The van der Waals surface area contributed by atoms with Gasteiger partial charge in [0.2, 0.25) is 0 Å². The Labute approximate surface area is 120 Å². The van der Waals surface area contributed by atoms with Crippen molar-refractivity contribution in [3.8, 4) is 5.75 Å². The van der Waals surface area contributed by atoms with Gasteiger partial charge in [-0.25, -0.2) is 0 Å². The van der Waals surface area contributed by atoms with E-state index in [-0.39, 0.29) is 21.2 Å². The first kappa shape index (κ1) is 15.4. The van der Waals surface area contributed by atoms with Gasteiger partial charge in [-0.2, -0.15) is 0 Å². The molecule has 2 rings (SSSR count). The maximum atomic E-state index is 5.91. The average molecular weight is 401 g/mol. The Bertz CT molecular complexity index is 330. The first-order chi connectivity index (χ1) is 7.80. The van der Waals surface area contributed by atoms with Crippen molar-refractivity contribution in [3.05, 3.63) is 24.3 Å². The van der Waals surface area contributed by atoms with Gasteiger partial charge in [0, 0.05) is 0 Å². The van der Waals surface area contributed by atoms with Gasteiger partial charge in [0.1, 0.15) is 0 Å². The van der Waals surface area contributed by atoms with Gasteiger partial charge in [-0.05, 0) is 0 Å². The van der Waals surface area contributed by atoms with Crippen molar-refractivity contribution in [1.29, 1.82) is 0 Å². The molecule has 0 aliphatic carbocycles. The fourth-order valence-corrected chi connectivity index (χ4v) is 3.89. The third-order valence-electron chi connectivity index (χ3n) is 2.10. The van der Waals surface area contributed by atoms with Crippen LogP contribution in [0.25, 0.3) is 0 Å². The van der Waals surface area contributed by atoms with E-state index >= 15 is 0 Å². The summed E-state index contributed by atoms with van der Waals surface area (Å²) in [7, 11) is 0. The minimum absolute atomic E-state index is 0.194. The molecule has 0 amide bonds. The third kappa shape index (κ3) is 5.26. The Kier molecular flexibility index (Phi) is 5.92. The minimum atomic E-state index is -0.543. The molecule has 3 heteroatoms. The van der Waals surface area contributed by atoms with Gasteiger partial charge in [-0.1, -0.05) is 0 Å². The molecule has 1 aliphatic heterocycles. The molecule has 1 aliphatic rings. The summed E-state index contributed by atoms with van der Waals surface area (Å²) in [4.78, 5) is 7.52. The molecule has 0 fully saturated rings. The standard InChI is InChI=1S/C11H14AsO.3CH3.Sn/c1-11(2,3)10-12-8-6-4-5-7-9(8)13-10;;;;/h4-7,10H,1-3H3;3*1H3;. The van der Waals surface area contributed by atoms with Gasteiger partial charge < -0.3 is 0 Å². The topological polar surface area (TPSA) is 9.23 Å². The van der Waals surface area contributed by atoms with Gasteiger partial charge in [-0.3, -0.25) is 0 Å². The molecule has 1 heterocycles. The SMILES string of the molecule is CC(C)(C)C1Oc2ccccc2[As]1.[CH3][Sn]([CH3])[CH3]. The summed E-state index contributed by atoms with van der Waals surface area (Å²) < 4.78 is 7.36. The van der Waals surface area contributed by atoms with E-state index in [0.29, 0.717) is 4.89 Å². The van der Waals surface area contributed by atoms with E-state index < -0.39 is 19.8 Å². The fraction of sp³-hybridized carbons (Fsp3) is 0.571. The van der Waals surface area contributed by atoms with Crippen LogP contribution in [0, 0.1) is 5.41 Å². The van der Waals surface area contributed by atoms with Crippen molar-refractivity contribution in [2.45, 2.75) is 40.5 Å². The van der Waals surface area contributed by atoms with Crippen LogP contribution in [0.2, 0.25) is 14.8 Å². The van der Waals surface area contributed by atoms with Crippen molar-refractivity contribution < 1.29 is 4.74 Å². The Morgan fingerprint density at radius 3 is 2.12 bits per heavy atom. The zero-order valence-electron chi connectivity index (χ0n) is 11.7. The van der Waals surface area contributed by atoms with Gasteiger partial charge in [0.25, 0.3) is 0 Å². The second kappa shape index (κ2) is 6.52. The zero-order chi connectivity index (χ0) is 13.1. The molecule has 0 spiro atoms. The van der Waals surface area contributed by atoms with Crippen LogP contribution in [0.4, 0.5) is 0 Å². The molecular weight excluding hydrogens is 378 g/mol. The van der Waals surface area contributed by atoms with Crippen LogP contribution in [0.3, 0.4) is 0 Å². The predicted octanol–water partition coefficient (Wildman–Crippen LogP) is 3.15. The number of fused-ring (bicyclic) bond motifs is 1. The predicted molar refractivity (Wildman–Crippen MR) is 79.0 cm³/mol. The third-order valence-corrected chi connectivity index (χ3v) is 5.80. The Hall–Kier alpha value is 0.377. The van der Waals surface area contributed by atoms with Gasteiger partial charge >= 0.3 is 121 Å². The summed E-state index contributed by atoms with van der Waals surface area (Å²) >= 11 is -0.349. The second-order valence-electron chi connectivity index (χ2n) is 5.93. The molecule has 17 heavy (non-hydrogen) atoms. The molecule has 1 nitrogen and oxygen atoms in total. The van der Waals surface area contributed by atoms with Crippen molar-refractivity contribution in [2.75, 3.05) is 0 Å². The van der Waals surface area contributed by atoms with Gasteiger partial charge in [-0.15, -0.1) is 0 Å². The van der Waals surface area contributed by atoms with E-state index in [9.17, 15) is 0 Å². The van der Waals surface area contributed by atoms with E-state index in [4.69, 9.17) is 4.74 Å². The van der Waals surface area contributed by atoms with Crippen molar-refractivity contribution in [2.24, 2.45) is 5.41 Å². The molecule has 1 aromatic carbocycles. The molecule has 0 bridgehead atoms. The number of para-hydroxylation sites is 1. The van der Waals surface area contributed by atoms with Crippen molar-refractivity contribution in [3.63, 3.8) is 0 Å². The molecule has 0 saturated carbocycles. The van der Waals surface area contributed by atoms with E-state index in [0.717, 1.165) is 5.75 Å². The van der Waals surface area contributed by atoms with Crippen LogP contribution >= 0.6 is 0 Å². The number of hydrogen-bond acceptors (Lipinski definition) is 1. The van der Waals surface area contributed by atoms with E-state index in [1.54, 1.807) is 0 Å².